The molecule has 1 fully saturated rings. The number of benzene rings is 2. The molecule has 168 valence electrons. The highest BCUT2D eigenvalue weighted by molar-refractivity contribution is 8.18. The molecule has 0 spiro atoms. The van der Waals surface area contributed by atoms with Crippen molar-refractivity contribution in [1.82, 2.24) is 4.90 Å². The predicted octanol–water partition coefficient (Wildman–Crippen LogP) is 4.09. The van der Waals surface area contributed by atoms with Gasteiger partial charge in [0.05, 0.1) is 35.3 Å². The molecule has 0 aromatic heterocycles. The van der Waals surface area contributed by atoms with Gasteiger partial charge in [-0.15, -0.1) is 0 Å². The van der Waals surface area contributed by atoms with Gasteiger partial charge in [0.25, 0.3) is 11.6 Å². The lowest BCUT2D eigenvalue weighted by molar-refractivity contribution is -0.385. The Labute approximate surface area is 189 Å². The molecule has 2 aromatic carbocycles. The number of rotatable bonds is 8. The summed E-state index contributed by atoms with van der Waals surface area (Å²) >= 11 is 1.11. The van der Waals surface area contributed by atoms with Crippen LogP contribution in [0, 0.1) is 10.1 Å². The summed E-state index contributed by atoms with van der Waals surface area (Å²) in [5, 5.41) is 24.2. The molecule has 10 heteroatoms. The van der Waals surface area contributed by atoms with Crippen LogP contribution < -0.4 is 14.6 Å². The van der Waals surface area contributed by atoms with E-state index in [0.29, 0.717) is 30.4 Å². The van der Waals surface area contributed by atoms with Crippen molar-refractivity contribution in [3.05, 3.63) is 57.0 Å². The molecule has 9 nitrogen and oxygen atoms in total. The SMILES string of the molecule is CCCN1C(=O)/C(=C/c2cc([N+](=O)[O-])cc(OC)c2[O-])SC1=Nc1ccc(OCC)cc1. The molecule has 0 N–H and O–H groups in total. The number of methoxy groups -OCH3 is 1. The summed E-state index contributed by atoms with van der Waals surface area (Å²) in [6.45, 7) is 4.84. The summed E-state index contributed by atoms with van der Waals surface area (Å²) in [6, 6.07) is 9.37. The molecule has 0 unspecified atom stereocenters. The van der Waals surface area contributed by atoms with Crippen LogP contribution in [0.15, 0.2) is 46.3 Å². The van der Waals surface area contributed by atoms with E-state index in [9.17, 15) is 20.0 Å². The minimum Gasteiger partial charge on any atom is -0.870 e. The molecule has 32 heavy (non-hydrogen) atoms. The van der Waals surface area contributed by atoms with Crippen molar-refractivity contribution in [2.45, 2.75) is 20.3 Å². The number of amidine groups is 1. The number of hydrogen-bond donors (Lipinski definition) is 0. The number of amides is 1. The molecule has 1 aliphatic heterocycles. The van der Waals surface area contributed by atoms with Crippen molar-refractivity contribution in [2.75, 3.05) is 20.3 Å². The number of carbonyl (C=O) groups is 1. The molecule has 0 radical (unpaired) electrons. The van der Waals surface area contributed by atoms with E-state index in [1.54, 1.807) is 24.3 Å². The molecule has 1 heterocycles. The zero-order chi connectivity index (χ0) is 23.3. The van der Waals surface area contributed by atoms with E-state index < -0.39 is 10.7 Å². The van der Waals surface area contributed by atoms with Gasteiger partial charge in [0.2, 0.25) is 0 Å². The Balaban J connectivity index is 1.99. The summed E-state index contributed by atoms with van der Waals surface area (Å²) < 4.78 is 10.4. The van der Waals surface area contributed by atoms with Crippen LogP contribution in [0.4, 0.5) is 11.4 Å². The van der Waals surface area contributed by atoms with Gasteiger partial charge >= 0.3 is 0 Å². The summed E-state index contributed by atoms with van der Waals surface area (Å²) in [5.74, 6) is -0.278. The van der Waals surface area contributed by atoms with E-state index in [4.69, 9.17) is 9.47 Å². The molecular weight excluding hydrogens is 434 g/mol. The molecule has 1 amide bonds. The van der Waals surface area contributed by atoms with Gasteiger partial charge in [-0.2, -0.15) is 0 Å². The first-order chi connectivity index (χ1) is 15.4. The zero-order valence-corrected chi connectivity index (χ0v) is 18.7. The monoisotopic (exact) mass is 456 g/mol. The van der Waals surface area contributed by atoms with Crippen LogP contribution >= 0.6 is 11.8 Å². The van der Waals surface area contributed by atoms with Crippen molar-refractivity contribution in [3.63, 3.8) is 0 Å². The van der Waals surface area contributed by atoms with Gasteiger partial charge in [-0.3, -0.25) is 19.8 Å². The first-order valence-electron chi connectivity index (χ1n) is 9.94. The topological polar surface area (TPSA) is 117 Å². The predicted molar refractivity (Wildman–Crippen MR) is 121 cm³/mol. The van der Waals surface area contributed by atoms with Crippen molar-refractivity contribution >= 4 is 40.3 Å². The van der Waals surface area contributed by atoms with Crippen LogP contribution in [0.3, 0.4) is 0 Å². The fourth-order valence-corrected chi connectivity index (χ4v) is 4.04. The average Bonchev–Trinajstić information content (AvgIpc) is 3.05. The third kappa shape index (κ3) is 5.02. The third-order valence-electron chi connectivity index (χ3n) is 4.49. The first-order valence-corrected chi connectivity index (χ1v) is 10.8. The van der Waals surface area contributed by atoms with Crippen LogP contribution in [0.1, 0.15) is 25.8 Å². The van der Waals surface area contributed by atoms with Crippen molar-refractivity contribution < 1.29 is 24.3 Å². The molecule has 0 bridgehead atoms. The quantitative estimate of drug-likeness (QED) is 0.333. The van der Waals surface area contributed by atoms with Crippen molar-refractivity contribution in [3.8, 4) is 17.2 Å². The van der Waals surface area contributed by atoms with Crippen LogP contribution in [0.25, 0.3) is 6.08 Å². The highest BCUT2D eigenvalue weighted by atomic mass is 32.2. The Morgan fingerprint density at radius 3 is 2.53 bits per heavy atom. The Bertz CT molecular complexity index is 1080. The van der Waals surface area contributed by atoms with Crippen molar-refractivity contribution in [1.29, 1.82) is 0 Å². The number of aliphatic imine (C=N–C) groups is 1. The second-order valence-corrected chi connectivity index (χ2v) is 7.72. The maximum absolute atomic E-state index is 13.0. The second kappa shape index (κ2) is 10.2. The minimum atomic E-state index is -0.615. The number of hydrogen-bond acceptors (Lipinski definition) is 8. The maximum Gasteiger partial charge on any atom is 0.273 e. The third-order valence-corrected chi connectivity index (χ3v) is 5.50. The van der Waals surface area contributed by atoms with E-state index in [2.05, 4.69) is 4.99 Å². The lowest BCUT2D eigenvalue weighted by Gasteiger charge is -2.16. The molecule has 0 atom stereocenters. The summed E-state index contributed by atoms with van der Waals surface area (Å²) in [5.41, 5.74) is 0.357. The van der Waals surface area contributed by atoms with Gasteiger partial charge in [-0.1, -0.05) is 12.7 Å². The number of non-ortho nitro benzene ring substituents is 1. The van der Waals surface area contributed by atoms with Gasteiger partial charge in [-0.05, 0) is 61.0 Å². The second-order valence-electron chi connectivity index (χ2n) is 6.71. The standard InChI is InChI=1S/C22H23N3O6S/c1-4-10-24-21(27)19(12-14-11-16(25(28)29)13-18(30-3)20(14)26)32-22(24)23-15-6-8-17(9-7-15)31-5-2/h6-9,11-13,26H,4-5,10H2,1-3H3/p-1/b19-12-,23-22?. The van der Waals surface area contributed by atoms with Gasteiger partial charge in [-0.25, -0.2) is 4.99 Å². The number of nitrogens with zero attached hydrogens (tertiary/aromatic N) is 3. The molecule has 2 aromatic rings. The number of nitro benzene ring substituents is 1. The Kier molecular flexibility index (Phi) is 7.37. The van der Waals surface area contributed by atoms with Gasteiger partial charge in [0, 0.05) is 12.6 Å². The lowest BCUT2D eigenvalue weighted by atomic mass is 10.1. The Hall–Kier alpha value is -3.53. The summed E-state index contributed by atoms with van der Waals surface area (Å²) in [6.07, 6.45) is 2.06. The van der Waals surface area contributed by atoms with E-state index in [-0.39, 0.29) is 27.8 Å². The highest BCUT2D eigenvalue weighted by Crippen LogP contribution is 2.38. The Morgan fingerprint density at radius 2 is 1.94 bits per heavy atom. The summed E-state index contributed by atoms with van der Waals surface area (Å²) in [7, 11) is 1.26. The average molecular weight is 457 g/mol. The fraction of sp³-hybridized carbons (Fsp3) is 0.273. The van der Waals surface area contributed by atoms with Crippen molar-refractivity contribution in [2.24, 2.45) is 4.99 Å². The fourth-order valence-electron chi connectivity index (χ4n) is 3.02. The van der Waals surface area contributed by atoms with Gasteiger partial charge < -0.3 is 14.6 Å². The van der Waals surface area contributed by atoms with Gasteiger partial charge in [0.15, 0.2) is 5.17 Å². The van der Waals surface area contributed by atoms with E-state index in [1.165, 1.54) is 18.1 Å². The van der Waals surface area contributed by atoms with Crippen LogP contribution in [0.5, 0.6) is 17.2 Å². The van der Waals surface area contributed by atoms with E-state index >= 15 is 0 Å². The number of thioether (sulfide) groups is 1. The first kappa shape index (κ1) is 23.1. The number of nitro groups is 1. The zero-order valence-electron chi connectivity index (χ0n) is 17.9. The normalized spacial score (nSPS) is 16.1. The van der Waals surface area contributed by atoms with Crippen LogP contribution in [-0.2, 0) is 4.79 Å². The van der Waals surface area contributed by atoms with E-state index in [1.807, 2.05) is 13.8 Å². The highest BCUT2D eigenvalue weighted by Gasteiger charge is 2.33. The lowest BCUT2D eigenvalue weighted by Crippen LogP contribution is -2.29. The largest absolute Gasteiger partial charge is 0.870 e. The van der Waals surface area contributed by atoms with E-state index in [0.717, 1.165) is 29.6 Å². The maximum atomic E-state index is 13.0. The molecule has 1 saturated heterocycles. The van der Waals surface area contributed by atoms with Crippen LogP contribution in [-0.4, -0.2) is 41.2 Å². The molecule has 0 aliphatic carbocycles. The number of ether oxygens (including phenoxy) is 2. The molecule has 3 rings (SSSR count). The smallest absolute Gasteiger partial charge is 0.273 e. The summed E-state index contributed by atoms with van der Waals surface area (Å²) in [4.78, 5) is 30.0. The molecule has 0 saturated carbocycles. The molecular formula is C22H22N3O6S-. The van der Waals surface area contributed by atoms with Gasteiger partial charge in [0.1, 0.15) is 11.5 Å². The Morgan fingerprint density at radius 1 is 1.22 bits per heavy atom. The number of carbonyl (C=O) groups excluding carboxylic acids is 1. The molecule has 1 aliphatic rings. The minimum absolute atomic E-state index is 0.00525. The van der Waals surface area contributed by atoms with Crippen LogP contribution in [0.2, 0.25) is 0 Å².